The smallest absolute Gasteiger partial charge is 0.256 e. The largest absolute Gasteiger partial charge is 0.383 e. The lowest BCUT2D eigenvalue weighted by Crippen LogP contribution is -2.37. The van der Waals surface area contributed by atoms with Gasteiger partial charge in [-0.1, -0.05) is 0 Å². The number of likely N-dealkylation sites (tertiary alicyclic amines) is 1. The van der Waals surface area contributed by atoms with Crippen LogP contribution in [0.2, 0.25) is 0 Å². The van der Waals surface area contributed by atoms with Crippen molar-refractivity contribution >= 4 is 11.7 Å². The van der Waals surface area contributed by atoms with E-state index in [0.717, 1.165) is 25.9 Å². The fourth-order valence-corrected chi connectivity index (χ4v) is 2.92. The van der Waals surface area contributed by atoms with Gasteiger partial charge in [-0.05, 0) is 63.2 Å². The van der Waals surface area contributed by atoms with Crippen LogP contribution in [-0.2, 0) is 0 Å². The standard InChI is InChI=1S/C17H22FN5O/c1-22-8-6-12(7-9-22)10-20-17(24)15-11-21-23(16(15)19)14-4-2-13(18)3-5-14/h2-5,11-12H,6-10,19H2,1H3,(H,20,24). The maximum Gasteiger partial charge on any atom is 0.256 e. The molecule has 3 N–H and O–H groups in total. The summed E-state index contributed by atoms with van der Waals surface area (Å²) in [5.41, 5.74) is 6.99. The molecule has 2 aromatic rings. The second kappa shape index (κ2) is 7.00. The number of hydrogen-bond acceptors (Lipinski definition) is 4. The summed E-state index contributed by atoms with van der Waals surface area (Å²) in [5, 5.41) is 7.09. The molecule has 0 spiro atoms. The maximum absolute atomic E-state index is 13.0. The van der Waals surface area contributed by atoms with Gasteiger partial charge in [-0.15, -0.1) is 0 Å². The van der Waals surface area contributed by atoms with Gasteiger partial charge in [-0.2, -0.15) is 5.10 Å². The minimum Gasteiger partial charge on any atom is -0.383 e. The second-order valence-electron chi connectivity index (χ2n) is 6.29. The molecule has 1 aromatic carbocycles. The first-order valence-corrected chi connectivity index (χ1v) is 8.11. The Labute approximate surface area is 140 Å². The molecule has 2 heterocycles. The number of rotatable bonds is 4. The summed E-state index contributed by atoms with van der Waals surface area (Å²) in [4.78, 5) is 14.7. The van der Waals surface area contributed by atoms with Crippen LogP contribution in [0, 0.1) is 11.7 Å². The first kappa shape index (κ1) is 16.4. The Bertz CT molecular complexity index is 704. The van der Waals surface area contributed by atoms with Crippen LogP contribution in [0.3, 0.4) is 0 Å². The third-order valence-corrected chi connectivity index (χ3v) is 4.51. The fraction of sp³-hybridized carbons (Fsp3) is 0.412. The van der Waals surface area contributed by atoms with Crippen molar-refractivity contribution in [1.29, 1.82) is 0 Å². The Kier molecular flexibility index (Phi) is 4.80. The number of anilines is 1. The van der Waals surface area contributed by atoms with Gasteiger partial charge in [0, 0.05) is 6.54 Å². The third-order valence-electron chi connectivity index (χ3n) is 4.51. The summed E-state index contributed by atoms with van der Waals surface area (Å²) >= 11 is 0. The predicted octanol–water partition coefficient (Wildman–Crippen LogP) is 1.67. The first-order chi connectivity index (χ1) is 11.5. The number of nitrogen functional groups attached to an aromatic ring is 1. The lowest BCUT2D eigenvalue weighted by molar-refractivity contribution is 0.0940. The molecule has 0 aliphatic carbocycles. The summed E-state index contributed by atoms with van der Waals surface area (Å²) in [7, 11) is 2.11. The lowest BCUT2D eigenvalue weighted by atomic mass is 9.97. The lowest BCUT2D eigenvalue weighted by Gasteiger charge is -2.28. The number of benzene rings is 1. The average molecular weight is 331 g/mol. The van der Waals surface area contributed by atoms with Gasteiger partial charge in [0.2, 0.25) is 0 Å². The molecule has 7 heteroatoms. The van der Waals surface area contributed by atoms with Crippen molar-refractivity contribution in [3.8, 4) is 5.69 Å². The molecule has 0 bridgehead atoms. The molecule has 0 atom stereocenters. The van der Waals surface area contributed by atoms with Gasteiger partial charge in [0.15, 0.2) is 0 Å². The van der Waals surface area contributed by atoms with Crippen molar-refractivity contribution in [2.24, 2.45) is 5.92 Å². The van der Waals surface area contributed by atoms with E-state index in [-0.39, 0.29) is 17.5 Å². The van der Waals surface area contributed by atoms with Gasteiger partial charge in [0.1, 0.15) is 17.2 Å². The molecule has 1 aromatic heterocycles. The van der Waals surface area contributed by atoms with Crippen molar-refractivity contribution in [2.45, 2.75) is 12.8 Å². The van der Waals surface area contributed by atoms with E-state index in [2.05, 4.69) is 22.4 Å². The van der Waals surface area contributed by atoms with E-state index in [1.54, 1.807) is 12.1 Å². The summed E-state index contributed by atoms with van der Waals surface area (Å²) in [5.74, 6) is 0.196. The summed E-state index contributed by atoms with van der Waals surface area (Å²) in [6, 6.07) is 5.80. The molecule has 128 valence electrons. The number of nitrogens with zero attached hydrogens (tertiary/aromatic N) is 3. The average Bonchev–Trinajstić information content (AvgIpc) is 2.96. The number of hydrogen-bond donors (Lipinski definition) is 2. The highest BCUT2D eigenvalue weighted by atomic mass is 19.1. The third kappa shape index (κ3) is 3.56. The van der Waals surface area contributed by atoms with Crippen LogP contribution in [0.25, 0.3) is 5.69 Å². The molecule has 1 amide bonds. The van der Waals surface area contributed by atoms with E-state index in [0.29, 0.717) is 23.7 Å². The predicted molar refractivity (Wildman–Crippen MR) is 90.5 cm³/mol. The number of carbonyl (C=O) groups excluding carboxylic acids is 1. The molecule has 0 unspecified atom stereocenters. The van der Waals surface area contributed by atoms with Crippen molar-refractivity contribution < 1.29 is 9.18 Å². The van der Waals surface area contributed by atoms with Crippen molar-refractivity contribution in [3.63, 3.8) is 0 Å². The van der Waals surface area contributed by atoms with Crippen LogP contribution in [0.1, 0.15) is 23.2 Å². The molecule has 0 radical (unpaired) electrons. The monoisotopic (exact) mass is 331 g/mol. The van der Waals surface area contributed by atoms with E-state index in [1.807, 2.05) is 0 Å². The molecular formula is C17H22FN5O. The number of piperidine rings is 1. The van der Waals surface area contributed by atoms with Gasteiger partial charge in [-0.3, -0.25) is 4.79 Å². The van der Waals surface area contributed by atoms with Crippen LogP contribution in [0.15, 0.2) is 30.5 Å². The van der Waals surface area contributed by atoms with Crippen molar-refractivity contribution in [1.82, 2.24) is 20.0 Å². The molecule has 6 nitrogen and oxygen atoms in total. The minimum atomic E-state index is -0.333. The first-order valence-electron chi connectivity index (χ1n) is 8.11. The van der Waals surface area contributed by atoms with Crippen LogP contribution in [0.5, 0.6) is 0 Å². The quantitative estimate of drug-likeness (QED) is 0.893. The van der Waals surface area contributed by atoms with Gasteiger partial charge in [-0.25, -0.2) is 9.07 Å². The highest BCUT2D eigenvalue weighted by Gasteiger charge is 2.20. The number of carbonyl (C=O) groups is 1. The van der Waals surface area contributed by atoms with E-state index in [9.17, 15) is 9.18 Å². The fourth-order valence-electron chi connectivity index (χ4n) is 2.92. The molecule has 0 saturated carbocycles. The number of nitrogens with two attached hydrogens (primary N) is 1. The maximum atomic E-state index is 13.0. The zero-order valence-corrected chi connectivity index (χ0v) is 13.7. The Hall–Kier alpha value is -2.41. The summed E-state index contributed by atoms with van der Waals surface area (Å²) in [6.45, 7) is 2.77. The highest BCUT2D eigenvalue weighted by Crippen LogP contribution is 2.18. The van der Waals surface area contributed by atoms with Crippen LogP contribution < -0.4 is 11.1 Å². The number of amides is 1. The molecule has 24 heavy (non-hydrogen) atoms. The topological polar surface area (TPSA) is 76.2 Å². The normalized spacial score (nSPS) is 16.2. The number of halogens is 1. The number of aromatic nitrogens is 2. The van der Waals surface area contributed by atoms with Crippen molar-refractivity contribution in [2.75, 3.05) is 32.4 Å². The number of nitrogens with one attached hydrogen (secondary N) is 1. The summed E-state index contributed by atoms with van der Waals surface area (Å²) < 4.78 is 14.4. The Morgan fingerprint density at radius 1 is 1.33 bits per heavy atom. The van der Waals surface area contributed by atoms with Gasteiger partial charge in [0.25, 0.3) is 5.91 Å². The Morgan fingerprint density at radius 2 is 2.00 bits per heavy atom. The van der Waals surface area contributed by atoms with Crippen molar-refractivity contribution in [3.05, 3.63) is 41.8 Å². The SMILES string of the molecule is CN1CCC(CNC(=O)c2cnn(-c3ccc(F)cc3)c2N)CC1. The molecule has 3 rings (SSSR count). The zero-order chi connectivity index (χ0) is 17.1. The van der Waals surface area contributed by atoms with Gasteiger partial charge >= 0.3 is 0 Å². The molecule has 1 aliphatic rings. The molecule has 1 fully saturated rings. The van der Waals surface area contributed by atoms with Crippen LogP contribution >= 0.6 is 0 Å². The van der Waals surface area contributed by atoms with E-state index < -0.39 is 0 Å². The van der Waals surface area contributed by atoms with Crippen LogP contribution in [-0.4, -0.2) is 47.3 Å². The minimum absolute atomic E-state index is 0.222. The van der Waals surface area contributed by atoms with E-state index >= 15 is 0 Å². The Balaban J connectivity index is 1.64. The van der Waals surface area contributed by atoms with Crippen LogP contribution in [0.4, 0.5) is 10.2 Å². The van der Waals surface area contributed by atoms with E-state index in [1.165, 1.54) is 23.0 Å². The van der Waals surface area contributed by atoms with Gasteiger partial charge in [0.05, 0.1) is 11.9 Å². The van der Waals surface area contributed by atoms with E-state index in [4.69, 9.17) is 5.73 Å². The molecular weight excluding hydrogens is 309 g/mol. The zero-order valence-electron chi connectivity index (χ0n) is 13.7. The second-order valence-corrected chi connectivity index (χ2v) is 6.29. The van der Waals surface area contributed by atoms with Gasteiger partial charge < -0.3 is 16.0 Å². The highest BCUT2D eigenvalue weighted by molar-refractivity contribution is 5.98. The summed E-state index contributed by atoms with van der Waals surface area (Å²) in [6.07, 6.45) is 3.62. The molecule has 1 saturated heterocycles. The Morgan fingerprint density at radius 3 is 2.67 bits per heavy atom. The molecule has 1 aliphatic heterocycles.